The van der Waals surface area contributed by atoms with E-state index in [1.54, 1.807) is 13.2 Å². The summed E-state index contributed by atoms with van der Waals surface area (Å²) in [6.45, 7) is 2.85. The fraction of sp³-hybridized carbons (Fsp3) is 0.364. The molecule has 0 aromatic heterocycles. The monoisotopic (exact) mass is 366 g/mol. The second-order valence-corrected chi connectivity index (χ2v) is 6.92. The second kappa shape index (κ2) is 8.71. The Balaban J connectivity index is 1.53. The number of carbonyl (C=O) groups is 2. The number of nitrogens with zero attached hydrogens (tertiary/aromatic N) is 1. The van der Waals surface area contributed by atoms with Crippen LogP contribution in [0.4, 0.5) is 0 Å². The quantitative estimate of drug-likeness (QED) is 0.780. The largest absolute Gasteiger partial charge is 0.497 e. The molecule has 3 rings (SSSR count). The normalized spacial score (nSPS) is 13.1. The van der Waals surface area contributed by atoms with Crippen molar-refractivity contribution in [3.63, 3.8) is 0 Å². The van der Waals surface area contributed by atoms with Crippen LogP contribution in [0.2, 0.25) is 0 Å². The number of hydrogen-bond acceptors (Lipinski definition) is 3. The van der Waals surface area contributed by atoms with Gasteiger partial charge in [0.1, 0.15) is 5.75 Å². The Kier molecular flexibility index (Phi) is 6.12. The molecule has 0 atom stereocenters. The summed E-state index contributed by atoms with van der Waals surface area (Å²) in [5.41, 5.74) is 2.67. The average Bonchev–Trinajstić information content (AvgIpc) is 3.51. The number of rotatable bonds is 8. The Morgan fingerprint density at radius 2 is 1.81 bits per heavy atom. The van der Waals surface area contributed by atoms with Gasteiger partial charge in [-0.3, -0.25) is 9.59 Å². The highest BCUT2D eigenvalue weighted by Gasteiger charge is 2.32. The maximum Gasteiger partial charge on any atom is 0.251 e. The summed E-state index contributed by atoms with van der Waals surface area (Å²) in [6, 6.07) is 15.6. The van der Waals surface area contributed by atoms with Crippen LogP contribution < -0.4 is 10.1 Å². The van der Waals surface area contributed by atoms with E-state index < -0.39 is 0 Å². The third-order valence-electron chi connectivity index (χ3n) is 4.83. The molecule has 1 saturated carbocycles. The molecule has 0 saturated heterocycles. The van der Waals surface area contributed by atoms with Crippen LogP contribution in [0.15, 0.2) is 48.5 Å². The number of amides is 2. The number of methoxy groups -OCH3 is 1. The molecule has 0 bridgehead atoms. The van der Waals surface area contributed by atoms with Gasteiger partial charge in [-0.1, -0.05) is 30.3 Å². The first-order chi connectivity index (χ1) is 13.1. The lowest BCUT2D eigenvalue weighted by Gasteiger charge is -2.23. The highest BCUT2D eigenvalue weighted by atomic mass is 16.5. The topological polar surface area (TPSA) is 58.6 Å². The predicted molar refractivity (Wildman–Crippen MR) is 105 cm³/mol. The van der Waals surface area contributed by atoms with E-state index in [-0.39, 0.29) is 11.8 Å². The number of nitrogens with one attached hydrogen (secondary N) is 1. The van der Waals surface area contributed by atoms with Crippen molar-refractivity contribution < 1.29 is 14.3 Å². The molecular formula is C22H26N2O3. The minimum atomic E-state index is -0.131. The third-order valence-corrected chi connectivity index (χ3v) is 4.83. The predicted octanol–water partition coefficient (Wildman–Crippen LogP) is 3.31. The molecule has 5 heteroatoms. The van der Waals surface area contributed by atoms with Gasteiger partial charge in [-0.05, 0) is 49.1 Å². The minimum absolute atomic E-state index is 0.0819. The van der Waals surface area contributed by atoms with Gasteiger partial charge in [-0.25, -0.2) is 0 Å². The van der Waals surface area contributed by atoms with Crippen LogP contribution in [0.1, 0.15) is 40.7 Å². The molecule has 1 fully saturated rings. The zero-order valence-corrected chi connectivity index (χ0v) is 15.9. The minimum Gasteiger partial charge on any atom is -0.497 e. The Labute approximate surface area is 160 Å². The van der Waals surface area contributed by atoms with E-state index >= 15 is 0 Å². The molecule has 0 aliphatic heterocycles. The van der Waals surface area contributed by atoms with Crippen LogP contribution in [-0.4, -0.2) is 36.4 Å². The third kappa shape index (κ3) is 5.09. The maximum atomic E-state index is 12.7. The molecule has 27 heavy (non-hydrogen) atoms. The highest BCUT2D eigenvalue weighted by Crippen LogP contribution is 2.29. The van der Waals surface area contributed by atoms with E-state index in [1.807, 2.05) is 54.3 Å². The molecule has 0 spiro atoms. The molecule has 2 aromatic carbocycles. The van der Waals surface area contributed by atoms with Crippen LogP contribution in [0.3, 0.4) is 0 Å². The van der Waals surface area contributed by atoms with Gasteiger partial charge in [-0.15, -0.1) is 0 Å². The molecular weight excluding hydrogens is 340 g/mol. The van der Waals surface area contributed by atoms with Crippen molar-refractivity contribution in [3.05, 3.63) is 65.2 Å². The van der Waals surface area contributed by atoms with E-state index in [0.717, 1.165) is 29.7 Å². The molecule has 0 radical (unpaired) electrons. The van der Waals surface area contributed by atoms with Gasteiger partial charge in [0.25, 0.3) is 5.91 Å². The van der Waals surface area contributed by atoms with Gasteiger partial charge in [-0.2, -0.15) is 0 Å². The van der Waals surface area contributed by atoms with Crippen molar-refractivity contribution in [1.29, 1.82) is 0 Å². The number of ether oxygens (including phenoxy) is 1. The van der Waals surface area contributed by atoms with Gasteiger partial charge in [0.15, 0.2) is 0 Å². The van der Waals surface area contributed by atoms with E-state index in [2.05, 4.69) is 5.32 Å². The fourth-order valence-corrected chi connectivity index (χ4v) is 3.08. The van der Waals surface area contributed by atoms with Crippen molar-refractivity contribution in [2.24, 2.45) is 0 Å². The summed E-state index contributed by atoms with van der Waals surface area (Å²) >= 11 is 0. The van der Waals surface area contributed by atoms with Gasteiger partial charge >= 0.3 is 0 Å². The van der Waals surface area contributed by atoms with E-state index in [9.17, 15) is 9.59 Å². The average molecular weight is 366 g/mol. The van der Waals surface area contributed by atoms with Crippen molar-refractivity contribution in [2.45, 2.75) is 38.8 Å². The van der Waals surface area contributed by atoms with Crippen molar-refractivity contribution in [2.75, 3.05) is 13.7 Å². The number of aryl methyl sites for hydroxylation is 1. The molecule has 1 N–H and O–H groups in total. The zero-order chi connectivity index (χ0) is 19.2. The molecule has 1 aliphatic rings. The summed E-state index contributed by atoms with van der Waals surface area (Å²) in [7, 11) is 1.64. The van der Waals surface area contributed by atoms with Gasteiger partial charge in [0, 0.05) is 31.1 Å². The van der Waals surface area contributed by atoms with Gasteiger partial charge < -0.3 is 15.0 Å². The van der Waals surface area contributed by atoms with Crippen molar-refractivity contribution in [3.8, 4) is 5.75 Å². The number of benzene rings is 2. The van der Waals surface area contributed by atoms with Crippen LogP contribution in [-0.2, 0) is 11.3 Å². The van der Waals surface area contributed by atoms with Gasteiger partial charge in [0.05, 0.1) is 7.11 Å². The lowest BCUT2D eigenvalue weighted by atomic mass is 10.1. The summed E-state index contributed by atoms with van der Waals surface area (Å²) in [4.78, 5) is 26.9. The molecule has 2 amide bonds. The second-order valence-electron chi connectivity index (χ2n) is 6.92. The summed E-state index contributed by atoms with van der Waals surface area (Å²) in [5.74, 6) is 0.759. The molecule has 2 aromatic rings. The van der Waals surface area contributed by atoms with Crippen LogP contribution in [0.5, 0.6) is 5.75 Å². The smallest absolute Gasteiger partial charge is 0.251 e. The number of hydrogen-bond donors (Lipinski definition) is 1. The summed E-state index contributed by atoms with van der Waals surface area (Å²) < 4.78 is 5.18. The molecule has 0 unspecified atom stereocenters. The first-order valence-corrected chi connectivity index (χ1v) is 9.34. The van der Waals surface area contributed by atoms with Crippen molar-refractivity contribution >= 4 is 11.8 Å². The first kappa shape index (κ1) is 19.0. The van der Waals surface area contributed by atoms with E-state index in [4.69, 9.17) is 4.74 Å². The first-order valence-electron chi connectivity index (χ1n) is 9.34. The standard InChI is InChI=1S/C22H26N2O3/c1-16-5-3-4-6-20(16)22(26)23-14-13-21(25)24(18-9-10-18)15-17-7-11-19(27-2)12-8-17/h3-8,11-12,18H,9-10,13-15H2,1-2H3,(H,23,26). The van der Waals surface area contributed by atoms with Crippen LogP contribution in [0.25, 0.3) is 0 Å². The zero-order valence-electron chi connectivity index (χ0n) is 15.9. The highest BCUT2D eigenvalue weighted by molar-refractivity contribution is 5.95. The summed E-state index contributed by atoms with van der Waals surface area (Å²) in [5, 5.41) is 2.86. The van der Waals surface area contributed by atoms with E-state index in [0.29, 0.717) is 31.1 Å². The van der Waals surface area contributed by atoms with Crippen LogP contribution in [0, 0.1) is 6.92 Å². The van der Waals surface area contributed by atoms with Gasteiger partial charge in [0.2, 0.25) is 5.91 Å². The molecule has 142 valence electrons. The molecule has 1 aliphatic carbocycles. The lowest BCUT2D eigenvalue weighted by Crippen LogP contribution is -2.35. The SMILES string of the molecule is COc1ccc(CN(C(=O)CCNC(=O)c2ccccc2C)C2CC2)cc1. The lowest BCUT2D eigenvalue weighted by molar-refractivity contribution is -0.132. The van der Waals surface area contributed by atoms with Crippen molar-refractivity contribution in [1.82, 2.24) is 10.2 Å². The Morgan fingerprint density at radius 1 is 1.11 bits per heavy atom. The maximum absolute atomic E-state index is 12.7. The van der Waals surface area contributed by atoms with Crippen LogP contribution >= 0.6 is 0 Å². The van der Waals surface area contributed by atoms with E-state index in [1.165, 1.54) is 0 Å². The summed E-state index contributed by atoms with van der Waals surface area (Å²) in [6.07, 6.45) is 2.42. The Hall–Kier alpha value is -2.82. The number of carbonyl (C=O) groups excluding carboxylic acids is 2. The molecule has 0 heterocycles. The Morgan fingerprint density at radius 3 is 2.44 bits per heavy atom. The molecule has 5 nitrogen and oxygen atoms in total. The fourth-order valence-electron chi connectivity index (χ4n) is 3.08. The Bertz CT molecular complexity index is 797.